The highest BCUT2D eigenvalue weighted by molar-refractivity contribution is 6.12. The Morgan fingerprint density at radius 1 is 0.758 bits per heavy atom. The molecule has 0 aliphatic carbocycles. The van der Waals surface area contributed by atoms with Gasteiger partial charge in [0.1, 0.15) is 5.75 Å². The quantitative estimate of drug-likeness (QED) is 0.421. The van der Waals surface area contributed by atoms with Crippen LogP contribution in [0.15, 0.2) is 72.8 Å². The van der Waals surface area contributed by atoms with Crippen LogP contribution in [0, 0.1) is 0 Å². The molecule has 3 rings (SSSR count). The predicted octanol–water partition coefficient (Wildman–Crippen LogP) is 4.73. The van der Waals surface area contributed by atoms with Gasteiger partial charge in [0.2, 0.25) is 0 Å². The summed E-state index contributed by atoms with van der Waals surface area (Å²) >= 11 is 0. The Kier molecular flexibility index (Phi) is 7.64. The summed E-state index contributed by atoms with van der Waals surface area (Å²) in [6.07, 6.45) is 0. The number of anilines is 3. The van der Waals surface area contributed by atoms with Crippen LogP contribution in [0.25, 0.3) is 0 Å². The van der Waals surface area contributed by atoms with Crippen molar-refractivity contribution in [3.05, 3.63) is 83.9 Å². The number of benzene rings is 3. The summed E-state index contributed by atoms with van der Waals surface area (Å²) in [4.78, 5) is 37.6. The van der Waals surface area contributed by atoms with Crippen LogP contribution in [0.3, 0.4) is 0 Å². The van der Waals surface area contributed by atoms with Gasteiger partial charge in [-0.15, -0.1) is 0 Å². The molecule has 0 atom stereocenters. The summed E-state index contributed by atoms with van der Waals surface area (Å²) in [5, 5.41) is 11.0. The number of rotatable bonds is 7. The smallest absolute Gasteiger partial charge is 0.319 e. The van der Waals surface area contributed by atoms with Gasteiger partial charge in [-0.2, -0.15) is 0 Å². The number of carbonyl (C=O) groups excluding carboxylic acids is 3. The van der Waals surface area contributed by atoms with Gasteiger partial charge in [-0.1, -0.05) is 24.3 Å². The van der Waals surface area contributed by atoms with E-state index in [0.29, 0.717) is 33.9 Å². The second-order valence-electron chi connectivity index (χ2n) is 7.52. The molecule has 3 aromatic carbocycles. The highest BCUT2D eigenvalue weighted by atomic mass is 16.5. The van der Waals surface area contributed by atoms with E-state index in [2.05, 4.69) is 21.3 Å². The van der Waals surface area contributed by atoms with Crippen LogP contribution < -0.4 is 26.0 Å². The van der Waals surface area contributed by atoms with Crippen molar-refractivity contribution in [2.24, 2.45) is 0 Å². The van der Waals surface area contributed by atoms with Crippen LogP contribution in [0.5, 0.6) is 5.75 Å². The summed E-state index contributed by atoms with van der Waals surface area (Å²) in [7, 11) is 1.55. The van der Waals surface area contributed by atoms with Gasteiger partial charge in [0.15, 0.2) is 0 Å². The lowest BCUT2D eigenvalue weighted by Crippen LogP contribution is -2.34. The third kappa shape index (κ3) is 6.57. The van der Waals surface area contributed by atoms with Gasteiger partial charge in [0.25, 0.3) is 11.8 Å². The first kappa shape index (κ1) is 23.3. The molecule has 0 unspecified atom stereocenters. The Morgan fingerprint density at radius 3 is 2.18 bits per heavy atom. The molecule has 4 amide bonds. The maximum atomic E-state index is 12.9. The van der Waals surface area contributed by atoms with Crippen LogP contribution >= 0.6 is 0 Å². The van der Waals surface area contributed by atoms with Crippen LogP contribution in [-0.2, 0) is 0 Å². The van der Waals surface area contributed by atoms with Crippen molar-refractivity contribution in [2.45, 2.75) is 19.9 Å². The molecule has 0 saturated heterocycles. The summed E-state index contributed by atoms with van der Waals surface area (Å²) in [5.41, 5.74) is 2.04. The molecule has 33 heavy (non-hydrogen) atoms. The number of amides is 4. The third-order valence-corrected chi connectivity index (χ3v) is 4.55. The minimum absolute atomic E-state index is 0.0175. The normalized spacial score (nSPS) is 10.3. The van der Waals surface area contributed by atoms with E-state index in [0.717, 1.165) is 0 Å². The molecule has 0 spiro atoms. The van der Waals surface area contributed by atoms with Crippen molar-refractivity contribution in [2.75, 3.05) is 23.1 Å². The largest absolute Gasteiger partial charge is 0.497 e. The van der Waals surface area contributed by atoms with Crippen molar-refractivity contribution in [3.63, 3.8) is 0 Å². The third-order valence-electron chi connectivity index (χ3n) is 4.55. The fourth-order valence-electron chi connectivity index (χ4n) is 3.05. The van der Waals surface area contributed by atoms with Gasteiger partial charge in [-0.05, 0) is 56.3 Å². The van der Waals surface area contributed by atoms with E-state index in [9.17, 15) is 14.4 Å². The number of ether oxygens (including phenoxy) is 1. The van der Waals surface area contributed by atoms with E-state index in [1.807, 2.05) is 13.8 Å². The van der Waals surface area contributed by atoms with E-state index in [-0.39, 0.29) is 18.0 Å². The van der Waals surface area contributed by atoms with Gasteiger partial charge in [-0.25, -0.2) is 4.79 Å². The molecular formula is C25H26N4O4. The van der Waals surface area contributed by atoms with E-state index in [4.69, 9.17) is 4.74 Å². The molecule has 0 heterocycles. The zero-order chi connectivity index (χ0) is 23.8. The second-order valence-corrected chi connectivity index (χ2v) is 7.52. The SMILES string of the molecule is COc1cccc(NC(=O)c2ccccc2NC(=O)c2cccc(NC(=O)NC(C)C)c2)c1. The number of hydrogen-bond donors (Lipinski definition) is 4. The maximum Gasteiger partial charge on any atom is 0.319 e. The topological polar surface area (TPSA) is 109 Å². The second kappa shape index (κ2) is 10.8. The molecule has 3 aromatic rings. The van der Waals surface area contributed by atoms with E-state index in [1.54, 1.807) is 79.9 Å². The fraction of sp³-hybridized carbons (Fsp3) is 0.160. The first-order chi connectivity index (χ1) is 15.9. The van der Waals surface area contributed by atoms with Crippen molar-refractivity contribution in [1.29, 1.82) is 0 Å². The highest BCUT2D eigenvalue weighted by Crippen LogP contribution is 2.21. The van der Waals surface area contributed by atoms with Crippen LogP contribution in [0.2, 0.25) is 0 Å². The maximum absolute atomic E-state index is 12.9. The van der Waals surface area contributed by atoms with Gasteiger partial charge >= 0.3 is 6.03 Å². The van der Waals surface area contributed by atoms with Gasteiger partial charge in [0, 0.05) is 29.0 Å². The molecule has 0 fully saturated rings. The van der Waals surface area contributed by atoms with E-state index in [1.165, 1.54) is 0 Å². The van der Waals surface area contributed by atoms with Crippen molar-refractivity contribution >= 4 is 34.9 Å². The summed E-state index contributed by atoms with van der Waals surface area (Å²) in [5.74, 6) is -0.172. The predicted molar refractivity (Wildman–Crippen MR) is 129 cm³/mol. The number of nitrogens with one attached hydrogen (secondary N) is 4. The Morgan fingerprint density at radius 2 is 1.45 bits per heavy atom. The molecule has 0 bridgehead atoms. The Labute approximate surface area is 192 Å². The Balaban J connectivity index is 1.74. The van der Waals surface area contributed by atoms with Gasteiger partial charge < -0.3 is 26.0 Å². The van der Waals surface area contributed by atoms with Crippen LogP contribution in [0.1, 0.15) is 34.6 Å². The lowest BCUT2D eigenvalue weighted by atomic mass is 10.1. The minimum atomic E-state index is -0.412. The number of hydrogen-bond acceptors (Lipinski definition) is 4. The monoisotopic (exact) mass is 446 g/mol. The number of para-hydroxylation sites is 1. The first-order valence-electron chi connectivity index (χ1n) is 10.4. The lowest BCUT2D eigenvalue weighted by molar-refractivity contribution is 0.102. The Hall–Kier alpha value is -4.33. The average Bonchev–Trinajstić information content (AvgIpc) is 2.79. The van der Waals surface area contributed by atoms with Crippen LogP contribution in [0.4, 0.5) is 21.9 Å². The molecule has 0 aliphatic heterocycles. The summed E-state index contributed by atoms with van der Waals surface area (Å²) in [6.45, 7) is 3.71. The zero-order valence-electron chi connectivity index (χ0n) is 18.6. The fourth-order valence-corrected chi connectivity index (χ4v) is 3.05. The molecule has 0 radical (unpaired) electrons. The molecule has 0 aliphatic rings. The van der Waals surface area contributed by atoms with E-state index < -0.39 is 5.91 Å². The van der Waals surface area contributed by atoms with Crippen molar-refractivity contribution in [3.8, 4) is 5.75 Å². The van der Waals surface area contributed by atoms with Crippen molar-refractivity contribution < 1.29 is 19.1 Å². The number of carbonyl (C=O) groups is 3. The standard InChI is InChI=1S/C25H26N4O4/c1-16(2)26-25(32)28-18-9-6-8-17(14-18)23(30)29-22-13-5-4-12-21(22)24(31)27-19-10-7-11-20(15-19)33-3/h4-16H,1-3H3,(H,27,31)(H,29,30)(H2,26,28,32). The summed E-state index contributed by atoms with van der Waals surface area (Å²) < 4.78 is 5.18. The van der Waals surface area contributed by atoms with Crippen molar-refractivity contribution in [1.82, 2.24) is 5.32 Å². The number of urea groups is 1. The molecule has 170 valence electrons. The van der Waals surface area contributed by atoms with Crippen LogP contribution in [-0.4, -0.2) is 31.0 Å². The van der Waals surface area contributed by atoms with Gasteiger partial charge in [0.05, 0.1) is 18.4 Å². The molecule has 0 aromatic heterocycles. The summed E-state index contributed by atoms with van der Waals surface area (Å²) in [6, 6.07) is 19.9. The lowest BCUT2D eigenvalue weighted by Gasteiger charge is -2.13. The highest BCUT2D eigenvalue weighted by Gasteiger charge is 2.15. The average molecular weight is 447 g/mol. The molecule has 0 saturated carbocycles. The molecule has 8 nitrogen and oxygen atoms in total. The first-order valence-corrected chi connectivity index (χ1v) is 10.4. The number of methoxy groups -OCH3 is 1. The zero-order valence-corrected chi connectivity index (χ0v) is 18.6. The van der Waals surface area contributed by atoms with E-state index >= 15 is 0 Å². The molecule has 8 heteroatoms. The minimum Gasteiger partial charge on any atom is -0.497 e. The molecular weight excluding hydrogens is 420 g/mol. The Bertz CT molecular complexity index is 1160. The van der Waals surface area contributed by atoms with Gasteiger partial charge in [-0.3, -0.25) is 9.59 Å². The molecule has 4 N–H and O–H groups in total.